The van der Waals surface area contributed by atoms with Crippen molar-refractivity contribution in [1.82, 2.24) is 5.32 Å². The second-order valence-electron chi connectivity index (χ2n) is 6.37. The van der Waals surface area contributed by atoms with E-state index in [1.54, 1.807) is 0 Å². The van der Waals surface area contributed by atoms with Crippen molar-refractivity contribution in [3.63, 3.8) is 0 Å². The fraction of sp³-hybridized carbons (Fsp3) is 1.00. The van der Waals surface area contributed by atoms with E-state index >= 15 is 0 Å². The Kier molecular flexibility index (Phi) is 3.83. The van der Waals surface area contributed by atoms with Gasteiger partial charge >= 0.3 is 0 Å². The van der Waals surface area contributed by atoms with Gasteiger partial charge in [0.25, 0.3) is 0 Å². The van der Waals surface area contributed by atoms with Crippen molar-refractivity contribution in [2.45, 2.75) is 65.0 Å². The second-order valence-corrected chi connectivity index (χ2v) is 6.37. The highest BCUT2D eigenvalue weighted by Gasteiger charge is 2.39. The Hall–Kier alpha value is -0.0800. The average Bonchev–Trinajstić information content (AvgIpc) is 2.10. The molecular formula is C13H27NO. The molecule has 1 aliphatic carbocycles. The Balaban J connectivity index is 2.57. The van der Waals surface area contributed by atoms with Crippen molar-refractivity contribution in [3.8, 4) is 0 Å². The Morgan fingerprint density at radius 3 is 2.47 bits per heavy atom. The van der Waals surface area contributed by atoms with Gasteiger partial charge in [0.15, 0.2) is 0 Å². The molecule has 2 nitrogen and oxygen atoms in total. The van der Waals surface area contributed by atoms with Crippen molar-refractivity contribution < 1.29 is 5.11 Å². The third kappa shape index (κ3) is 3.46. The van der Waals surface area contributed by atoms with Crippen molar-refractivity contribution in [2.24, 2.45) is 11.8 Å². The van der Waals surface area contributed by atoms with Crippen LogP contribution in [0.1, 0.15) is 53.9 Å². The number of hydrogen-bond donors (Lipinski definition) is 2. The van der Waals surface area contributed by atoms with Crippen LogP contribution < -0.4 is 5.32 Å². The Morgan fingerprint density at radius 1 is 1.33 bits per heavy atom. The highest BCUT2D eigenvalue weighted by Crippen LogP contribution is 2.37. The third-order valence-electron chi connectivity index (χ3n) is 3.90. The summed E-state index contributed by atoms with van der Waals surface area (Å²) in [4.78, 5) is 0. The molecule has 1 fully saturated rings. The molecule has 0 aromatic carbocycles. The zero-order valence-corrected chi connectivity index (χ0v) is 10.9. The summed E-state index contributed by atoms with van der Waals surface area (Å²) >= 11 is 0. The van der Waals surface area contributed by atoms with Gasteiger partial charge in [0.1, 0.15) is 0 Å². The van der Waals surface area contributed by atoms with Crippen LogP contribution in [0.2, 0.25) is 0 Å². The maximum absolute atomic E-state index is 10.6. The van der Waals surface area contributed by atoms with E-state index < -0.39 is 5.60 Å². The number of rotatable bonds is 2. The minimum atomic E-state index is -0.495. The molecule has 15 heavy (non-hydrogen) atoms. The average molecular weight is 213 g/mol. The molecule has 0 spiro atoms. The van der Waals surface area contributed by atoms with E-state index in [1.807, 2.05) is 0 Å². The summed E-state index contributed by atoms with van der Waals surface area (Å²) in [5, 5.41) is 14.0. The van der Waals surface area contributed by atoms with Crippen molar-refractivity contribution in [2.75, 3.05) is 6.54 Å². The molecule has 0 aromatic heterocycles. The number of hydrogen-bond acceptors (Lipinski definition) is 2. The summed E-state index contributed by atoms with van der Waals surface area (Å²) in [6.07, 6.45) is 3.37. The summed E-state index contributed by atoms with van der Waals surface area (Å²) in [6, 6.07) is 0. The number of nitrogens with one attached hydrogen (secondary N) is 1. The molecule has 0 radical (unpaired) electrons. The lowest BCUT2D eigenvalue weighted by atomic mass is 9.70. The zero-order valence-electron chi connectivity index (χ0n) is 10.9. The number of β-amino-alcohol motifs (C(OH)–C–C–N with tert-alkyl or cyclic N) is 1. The molecule has 0 bridgehead atoms. The summed E-state index contributed by atoms with van der Waals surface area (Å²) in [6.45, 7) is 11.6. The first-order valence-corrected chi connectivity index (χ1v) is 6.22. The van der Waals surface area contributed by atoms with Crippen LogP contribution in [0.4, 0.5) is 0 Å². The first-order valence-electron chi connectivity index (χ1n) is 6.22. The van der Waals surface area contributed by atoms with Gasteiger partial charge in [-0.15, -0.1) is 0 Å². The van der Waals surface area contributed by atoms with E-state index in [0.29, 0.717) is 11.8 Å². The Labute approximate surface area is 94.5 Å². The molecular weight excluding hydrogens is 186 g/mol. The summed E-state index contributed by atoms with van der Waals surface area (Å²) in [5.74, 6) is 1.05. The molecule has 2 N–H and O–H groups in total. The van der Waals surface area contributed by atoms with E-state index in [0.717, 1.165) is 19.4 Å². The fourth-order valence-electron chi connectivity index (χ4n) is 2.41. The fourth-order valence-corrected chi connectivity index (χ4v) is 2.41. The van der Waals surface area contributed by atoms with Gasteiger partial charge in [0.2, 0.25) is 0 Å². The lowest BCUT2D eigenvalue weighted by molar-refractivity contribution is -0.0640. The second kappa shape index (κ2) is 4.42. The van der Waals surface area contributed by atoms with Crippen molar-refractivity contribution in [3.05, 3.63) is 0 Å². The number of aliphatic hydroxyl groups is 1. The van der Waals surface area contributed by atoms with Crippen LogP contribution in [0, 0.1) is 11.8 Å². The first kappa shape index (κ1) is 13.0. The van der Waals surface area contributed by atoms with Crippen molar-refractivity contribution >= 4 is 0 Å². The molecule has 90 valence electrons. The Morgan fingerprint density at radius 2 is 1.93 bits per heavy atom. The molecule has 1 rings (SSSR count). The Bertz CT molecular complexity index is 209. The van der Waals surface area contributed by atoms with E-state index in [2.05, 4.69) is 39.9 Å². The summed E-state index contributed by atoms with van der Waals surface area (Å²) in [7, 11) is 0. The monoisotopic (exact) mass is 213 g/mol. The highest BCUT2D eigenvalue weighted by molar-refractivity contribution is 4.93. The molecule has 0 saturated heterocycles. The SMILES string of the molecule is CC1CCCC(O)(CNC(C)(C)C)C1C. The lowest BCUT2D eigenvalue weighted by Crippen LogP contribution is -2.53. The van der Waals surface area contributed by atoms with Gasteiger partial charge in [-0.2, -0.15) is 0 Å². The molecule has 3 atom stereocenters. The minimum Gasteiger partial charge on any atom is -0.388 e. The van der Waals surface area contributed by atoms with Crippen LogP contribution in [0.5, 0.6) is 0 Å². The zero-order chi connectivity index (χ0) is 11.7. The molecule has 2 heteroatoms. The summed E-state index contributed by atoms with van der Waals surface area (Å²) in [5.41, 5.74) is -0.402. The molecule has 0 amide bonds. The first-order chi connectivity index (χ1) is 6.75. The molecule has 0 aliphatic heterocycles. The quantitative estimate of drug-likeness (QED) is 0.739. The van der Waals surface area contributed by atoms with E-state index in [9.17, 15) is 5.11 Å². The standard InChI is InChI=1S/C13H27NO/c1-10-7-6-8-13(15,11(10)2)9-14-12(3,4)5/h10-11,14-15H,6-9H2,1-5H3. The molecule has 1 saturated carbocycles. The van der Waals surface area contributed by atoms with Crippen LogP contribution >= 0.6 is 0 Å². The van der Waals surface area contributed by atoms with E-state index in [4.69, 9.17) is 0 Å². The molecule has 1 aliphatic rings. The van der Waals surface area contributed by atoms with Gasteiger partial charge in [0, 0.05) is 12.1 Å². The van der Waals surface area contributed by atoms with Crippen LogP contribution in [-0.2, 0) is 0 Å². The predicted molar refractivity (Wildman–Crippen MR) is 64.9 cm³/mol. The lowest BCUT2D eigenvalue weighted by Gasteiger charge is -2.43. The largest absolute Gasteiger partial charge is 0.388 e. The normalized spacial score (nSPS) is 38.0. The van der Waals surface area contributed by atoms with Gasteiger partial charge in [-0.1, -0.05) is 26.7 Å². The predicted octanol–water partition coefficient (Wildman–Crippen LogP) is 2.56. The van der Waals surface area contributed by atoms with Gasteiger partial charge < -0.3 is 10.4 Å². The molecule has 0 heterocycles. The highest BCUT2D eigenvalue weighted by atomic mass is 16.3. The minimum absolute atomic E-state index is 0.0934. The van der Waals surface area contributed by atoms with Crippen LogP contribution in [0.25, 0.3) is 0 Å². The molecule has 0 aromatic rings. The van der Waals surface area contributed by atoms with Crippen molar-refractivity contribution in [1.29, 1.82) is 0 Å². The smallest absolute Gasteiger partial charge is 0.0799 e. The maximum Gasteiger partial charge on any atom is 0.0799 e. The summed E-state index contributed by atoms with van der Waals surface area (Å²) < 4.78 is 0. The van der Waals surface area contributed by atoms with Gasteiger partial charge in [-0.25, -0.2) is 0 Å². The third-order valence-corrected chi connectivity index (χ3v) is 3.90. The van der Waals surface area contributed by atoms with E-state index in [1.165, 1.54) is 6.42 Å². The van der Waals surface area contributed by atoms with Crippen LogP contribution in [0.3, 0.4) is 0 Å². The molecule has 3 unspecified atom stereocenters. The van der Waals surface area contributed by atoms with Gasteiger partial charge in [-0.05, 0) is 39.0 Å². The van der Waals surface area contributed by atoms with Gasteiger partial charge in [-0.3, -0.25) is 0 Å². The van der Waals surface area contributed by atoms with Crippen LogP contribution in [-0.4, -0.2) is 22.8 Å². The van der Waals surface area contributed by atoms with Gasteiger partial charge in [0.05, 0.1) is 5.60 Å². The van der Waals surface area contributed by atoms with Crippen LogP contribution in [0.15, 0.2) is 0 Å². The maximum atomic E-state index is 10.6. The van der Waals surface area contributed by atoms with E-state index in [-0.39, 0.29) is 5.54 Å². The topological polar surface area (TPSA) is 32.3 Å².